The molecule has 0 aliphatic carbocycles. The molecule has 1 N–H and O–H groups in total. The SMILES string of the molecule is COc1nn(C)cc1C(=O)N1CCN(CCNC(=O)Cc2ccc(Cl)cc2)CC1. The molecule has 1 saturated heterocycles. The molecule has 0 unspecified atom stereocenters. The molecule has 0 atom stereocenters. The Kier molecular flexibility index (Phi) is 7.11. The van der Waals surface area contributed by atoms with Crippen LogP contribution in [-0.2, 0) is 18.3 Å². The molecule has 0 spiro atoms. The van der Waals surface area contributed by atoms with E-state index < -0.39 is 0 Å². The van der Waals surface area contributed by atoms with Crippen molar-refractivity contribution in [3.05, 3.63) is 46.6 Å². The number of methoxy groups -OCH3 is 1. The van der Waals surface area contributed by atoms with E-state index in [1.54, 1.807) is 30.1 Å². The number of nitrogens with zero attached hydrogens (tertiary/aromatic N) is 4. The Morgan fingerprint density at radius 1 is 1.17 bits per heavy atom. The van der Waals surface area contributed by atoms with Gasteiger partial charge in [0.25, 0.3) is 5.91 Å². The maximum Gasteiger partial charge on any atom is 0.261 e. The maximum atomic E-state index is 12.7. The number of nitrogens with one attached hydrogen (secondary N) is 1. The number of piperazine rings is 1. The van der Waals surface area contributed by atoms with Crippen LogP contribution in [0.3, 0.4) is 0 Å². The van der Waals surface area contributed by atoms with E-state index in [2.05, 4.69) is 15.3 Å². The molecule has 9 heteroatoms. The van der Waals surface area contributed by atoms with Crippen LogP contribution in [0.25, 0.3) is 0 Å². The van der Waals surface area contributed by atoms with E-state index in [0.29, 0.717) is 42.5 Å². The number of carbonyl (C=O) groups excluding carboxylic acids is 2. The third-order valence-corrected chi connectivity index (χ3v) is 5.16. The molecular formula is C20H26ClN5O3. The monoisotopic (exact) mass is 419 g/mol. The highest BCUT2D eigenvalue weighted by molar-refractivity contribution is 6.30. The number of carbonyl (C=O) groups is 2. The fraction of sp³-hybridized carbons (Fsp3) is 0.450. The summed E-state index contributed by atoms with van der Waals surface area (Å²) < 4.78 is 6.76. The van der Waals surface area contributed by atoms with Gasteiger partial charge in [-0.25, -0.2) is 0 Å². The zero-order valence-corrected chi connectivity index (χ0v) is 17.5. The summed E-state index contributed by atoms with van der Waals surface area (Å²) in [6, 6.07) is 7.28. The van der Waals surface area contributed by atoms with Gasteiger partial charge in [-0.3, -0.25) is 19.2 Å². The van der Waals surface area contributed by atoms with E-state index in [1.807, 2.05) is 17.0 Å². The summed E-state index contributed by atoms with van der Waals surface area (Å²) in [5.74, 6) is 0.277. The highest BCUT2D eigenvalue weighted by Gasteiger charge is 2.26. The summed E-state index contributed by atoms with van der Waals surface area (Å²) in [6.07, 6.45) is 2.02. The molecule has 0 radical (unpaired) electrons. The smallest absolute Gasteiger partial charge is 0.261 e. The molecular weight excluding hydrogens is 394 g/mol. The van der Waals surface area contributed by atoms with Gasteiger partial charge in [0.1, 0.15) is 5.56 Å². The number of halogens is 1. The number of rotatable bonds is 7. The lowest BCUT2D eigenvalue weighted by atomic mass is 10.1. The first kappa shape index (κ1) is 21.1. The van der Waals surface area contributed by atoms with E-state index in [0.717, 1.165) is 25.2 Å². The minimum Gasteiger partial charge on any atom is -0.479 e. The second-order valence-electron chi connectivity index (χ2n) is 7.01. The zero-order chi connectivity index (χ0) is 20.8. The van der Waals surface area contributed by atoms with Gasteiger partial charge in [-0.2, -0.15) is 0 Å². The van der Waals surface area contributed by atoms with Crippen LogP contribution in [0, 0.1) is 0 Å². The Balaban J connectivity index is 1.39. The first-order chi connectivity index (χ1) is 14.0. The second-order valence-corrected chi connectivity index (χ2v) is 7.45. The average molecular weight is 420 g/mol. The Bertz CT molecular complexity index is 844. The molecule has 2 amide bonds. The Labute approximate surface area is 175 Å². The molecule has 156 valence electrons. The zero-order valence-electron chi connectivity index (χ0n) is 16.7. The van der Waals surface area contributed by atoms with Crippen LogP contribution in [0.15, 0.2) is 30.5 Å². The van der Waals surface area contributed by atoms with Gasteiger partial charge in [0.05, 0.1) is 13.5 Å². The first-order valence-electron chi connectivity index (χ1n) is 9.56. The summed E-state index contributed by atoms with van der Waals surface area (Å²) in [4.78, 5) is 28.8. The van der Waals surface area contributed by atoms with Crippen molar-refractivity contribution >= 4 is 23.4 Å². The van der Waals surface area contributed by atoms with Gasteiger partial charge in [-0.05, 0) is 17.7 Å². The number of hydrogen-bond acceptors (Lipinski definition) is 5. The number of aromatic nitrogens is 2. The highest BCUT2D eigenvalue weighted by atomic mass is 35.5. The van der Waals surface area contributed by atoms with Gasteiger partial charge >= 0.3 is 0 Å². The van der Waals surface area contributed by atoms with Crippen molar-refractivity contribution in [2.45, 2.75) is 6.42 Å². The van der Waals surface area contributed by atoms with Crippen LogP contribution in [0.4, 0.5) is 0 Å². The van der Waals surface area contributed by atoms with Crippen LogP contribution in [0.5, 0.6) is 5.88 Å². The molecule has 2 aromatic rings. The third kappa shape index (κ3) is 5.71. The van der Waals surface area contributed by atoms with Gasteiger partial charge < -0.3 is 15.0 Å². The molecule has 1 aliphatic rings. The molecule has 3 rings (SSSR count). The van der Waals surface area contributed by atoms with Crippen molar-refractivity contribution in [2.24, 2.45) is 7.05 Å². The summed E-state index contributed by atoms with van der Waals surface area (Å²) in [6.45, 7) is 4.13. The lowest BCUT2D eigenvalue weighted by Gasteiger charge is -2.34. The van der Waals surface area contributed by atoms with Crippen LogP contribution in [0.1, 0.15) is 15.9 Å². The maximum absolute atomic E-state index is 12.7. The van der Waals surface area contributed by atoms with Crippen molar-refractivity contribution in [1.82, 2.24) is 24.9 Å². The summed E-state index contributed by atoms with van der Waals surface area (Å²) in [5.41, 5.74) is 1.42. The van der Waals surface area contributed by atoms with E-state index in [-0.39, 0.29) is 11.8 Å². The van der Waals surface area contributed by atoms with Gasteiger partial charge in [0.2, 0.25) is 11.8 Å². The van der Waals surface area contributed by atoms with Crippen LogP contribution < -0.4 is 10.1 Å². The standard InChI is InChI=1S/C20H26ClN5O3/c1-24-14-17(19(23-24)29-2)20(28)26-11-9-25(10-12-26)8-7-22-18(27)13-15-3-5-16(21)6-4-15/h3-6,14H,7-13H2,1-2H3,(H,22,27). The number of aryl methyl sites for hydroxylation is 1. The summed E-state index contributed by atoms with van der Waals surface area (Å²) in [7, 11) is 3.27. The number of hydrogen-bond donors (Lipinski definition) is 1. The van der Waals surface area contributed by atoms with Gasteiger partial charge in [0.15, 0.2) is 0 Å². The number of amides is 2. The highest BCUT2D eigenvalue weighted by Crippen LogP contribution is 2.18. The normalized spacial score (nSPS) is 14.7. The predicted molar refractivity (Wildman–Crippen MR) is 110 cm³/mol. The van der Waals surface area contributed by atoms with Gasteiger partial charge in [-0.1, -0.05) is 23.7 Å². The van der Waals surface area contributed by atoms with E-state index >= 15 is 0 Å². The first-order valence-corrected chi connectivity index (χ1v) is 9.94. The Morgan fingerprint density at radius 3 is 2.52 bits per heavy atom. The minimum absolute atomic E-state index is 0.00944. The molecule has 0 bridgehead atoms. The molecule has 8 nitrogen and oxygen atoms in total. The fourth-order valence-corrected chi connectivity index (χ4v) is 3.44. The average Bonchev–Trinajstić information content (AvgIpc) is 3.10. The summed E-state index contributed by atoms with van der Waals surface area (Å²) in [5, 5.41) is 7.75. The third-order valence-electron chi connectivity index (χ3n) is 4.91. The van der Waals surface area contributed by atoms with Crippen molar-refractivity contribution in [3.8, 4) is 5.88 Å². The molecule has 2 heterocycles. The van der Waals surface area contributed by atoms with Gasteiger partial charge in [-0.15, -0.1) is 5.10 Å². The molecule has 0 saturated carbocycles. The lowest BCUT2D eigenvalue weighted by Crippen LogP contribution is -2.50. The van der Waals surface area contributed by atoms with Crippen molar-refractivity contribution in [2.75, 3.05) is 46.4 Å². The van der Waals surface area contributed by atoms with E-state index in [1.165, 1.54) is 7.11 Å². The van der Waals surface area contributed by atoms with Crippen LogP contribution in [-0.4, -0.2) is 77.8 Å². The summed E-state index contributed by atoms with van der Waals surface area (Å²) >= 11 is 5.86. The largest absolute Gasteiger partial charge is 0.479 e. The van der Waals surface area contributed by atoms with Crippen molar-refractivity contribution in [1.29, 1.82) is 0 Å². The van der Waals surface area contributed by atoms with Crippen LogP contribution >= 0.6 is 11.6 Å². The molecule has 1 aromatic heterocycles. The predicted octanol–water partition coefficient (Wildman–Crippen LogP) is 1.20. The number of ether oxygens (including phenoxy) is 1. The molecule has 1 fully saturated rings. The molecule has 29 heavy (non-hydrogen) atoms. The number of benzene rings is 1. The lowest BCUT2D eigenvalue weighted by molar-refractivity contribution is -0.120. The fourth-order valence-electron chi connectivity index (χ4n) is 3.31. The molecule has 1 aromatic carbocycles. The van der Waals surface area contributed by atoms with Crippen molar-refractivity contribution < 1.29 is 14.3 Å². The van der Waals surface area contributed by atoms with Crippen molar-refractivity contribution in [3.63, 3.8) is 0 Å². The van der Waals surface area contributed by atoms with Crippen LogP contribution in [0.2, 0.25) is 5.02 Å². The minimum atomic E-state index is -0.0640. The topological polar surface area (TPSA) is 79.7 Å². The molecule has 1 aliphatic heterocycles. The van der Waals surface area contributed by atoms with E-state index in [4.69, 9.17) is 16.3 Å². The second kappa shape index (κ2) is 9.76. The quantitative estimate of drug-likeness (QED) is 0.729. The Hall–Kier alpha value is -2.58. The Morgan fingerprint density at radius 2 is 1.86 bits per heavy atom. The van der Waals surface area contributed by atoms with Gasteiger partial charge in [0, 0.05) is 57.5 Å². The van der Waals surface area contributed by atoms with E-state index in [9.17, 15) is 9.59 Å².